The molecule has 0 radical (unpaired) electrons. The van der Waals surface area contributed by atoms with E-state index < -0.39 is 26.1 Å². The molecule has 0 unspecified atom stereocenters. The van der Waals surface area contributed by atoms with Gasteiger partial charge in [-0.3, -0.25) is 4.21 Å². The Balaban J connectivity index is 1.30. The van der Waals surface area contributed by atoms with Crippen LogP contribution < -0.4 is 5.32 Å². The summed E-state index contributed by atoms with van der Waals surface area (Å²) in [5.41, 5.74) is 1.55. The van der Waals surface area contributed by atoms with Crippen LogP contribution in [0.2, 0.25) is 5.02 Å². The molecule has 7 nitrogen and oxygen atoms in total. The van der Waals surface area contributed by atoms with E-state index in [2.05, 4.69) is 19.6 Å². The van der Waals surface area contributed by atoms with Gasteiger partial charge in [0.2, 0.25) is 0 Å². The Morgan fingerprint density at radius 3 is 2.44 bits per heavy atom. The third kappa shape index (κ3) is 3.98. The lowest BCUT2D eigenvalue weighted by molar-refractivity contribution is 0.143. The van der Waals surface area contributed by atoms with Crippen molar-refractivity contribution in [3.05, 3.63) is 40.5 Å². The first-order valence-electron chi connectivity index (χ1n) is 12.0. The summed E-state index contributed by atoms with van der Waals surface area (Å²) in [5, 5.41) is 14.1. The van der Waals surface area contributed by atoms with Crippen LogP contribution in [-0.2, 0) is 26.9 Å². The Labute approximate surface area is 207 Å². The van der Waals surface area contributed by atoms with Crippen LogP contribution in [0.1, 0.15) is 62.1 Å². The summed E-state index contributed by atoms with van der Waals surface area (Å²) in [5.74, 6) is 2.08. The zero-order chi connectivity index (χ0) is 23.6. The molecular weight excluding hydrogens is 492 g/mol. The van der Waals surface area contributed by atoms with Crippen molar-refractivity contribution in [2.45, 2.75) is 72.5 Å². The van der Waals surface area contributed by atoms with Crippen LogP contribution in [0.3, 0.4) is 0 Å². The maximum Gasteiger partial charge on any atom is 0.259 e. The van der Waals surface area contributed by atoms with Crippen LogP contribution in [0.25, 0.3) is 0 Å². The minimum atomic E-state index is -2.47. The van der Waals surface area contributed by atoms with Crippen molar-refractivity contribution >= 4 is 43.9 Å². The Hall–Kier alpha value is -1.55. The van der Waals surface area contributed by atoms with Gasteiger partial charge in [-0.1, -0.05) is 23.7 Å². The monoisotopic (exact) mass is 520 g/mol. The Bertz CT molecular complexity index is 1260. The van der Waals surface area contributed by atoms with Crippen molar-refractivity contribution < 1.29 is 13.5 Å². The summed E-state index contributed by atoms with van der Waals surface area (Å²) < 4.78 is 31.3. The zero-order valence-electron chi connectivity index (χ0n) is 19.0. The van der Waals surface area contributed by atoms with E-state index in [4.69, 9.17) is 11.6 Å². The first-order valence-corrected chi connectivity index (χ1v) is 15.4. The molecule has 0 bridgehead atoms. The van der Waals surface area contributed by atoms with Crippen molar-refractivity contribution in [2.24, 2.45) is 4.36 Å². The highest BCUT2D eigenvalue weighted by atomic mass is 35.5. The normalized spacial score (nSPS) is 30.4. The molecule has 182 valence electrons. The quantitative estimate of drug-likeness (QED) is 0.608. The molecule has 3 fully saturated rings. The number of aliphatic hydroxyl groups is 1. The molecule has 0 amide bonds. The Kier molecular flexibility index (Phi) is 5.55. The van der Waals surface area contributed by atoms with Crippen molar-refractivity contribution in [1.29, 1.82) is 0 Å². The van der Waals surface area contributed by atoms with Gasteiger partial charge in [0.05, 0.1) is 43.1 Å². The summed E-state index contributed by atoms with van der Waals surface area (Å²) >= 11 is 6.02. The molecule has 1 spiro atoms. The van der Waals surface area contributed by atoms with E-state index in [1.54, 1.807) is 0 Å². The third-order valence-electron chi connectivity index (χ3n) is 7.96. The molecular formula is C24H29ClN4O3S2. The number of nitrogens with zero attached hydrogens (tertiary/aromatic N) is 3. The van der Waals surface area contributed by atoms with Gasteiger partial charge in [0.1, 0.15) is 10.7 Å². The standard InChI is InChI=1S/C24H29ClN4O3S2/c25-18-4-2-16(3-5-18)17-6-12-34(32,13-7-17)29-22-26-19-14-24(10-11-24)33(31)20(19)21(27-22)28-23(15-30)8-1-9-23/h2-5,17,30H,1,6-15H2,(H,26,27,28)/t17?,33-,34?/m1/s1. The van der Waals surface area contributed by atoms with E-state index in [9.17, 15) is 13.5 Å². The van der Waals surface area contributed by atoms with E-state index in [-0.39, 0.29) is 17.3 Å². The van der Waals surface area contributed by atoms with Crippen LogP contribution in [-0.4, -0.2) is 51.9 Å². The molecule has 1 saturated heterocycles. The molecule has 1 aromatic heterocycles. The predicted molar refractivity (Wildman–Crippen MR) is 135 cm³/mol. The topological polar surface area (TPSA) is 105 Å². The second-order valence-electron chi connectivity index (χ2n) is 10.3. The number of hydrogen-bond acceptors (Lipinski definition) is 7. The molecule has 10 heteroatoms. The van der Waals surface area contributed by atoms with Crippen LogP contribution >= 0.6 is 11.6 Å². The number of halogens is 1. The summed E-state index contributed by atoms with van der Waals surface area (Å²) in [7, 11) is -3.64. The maximum absolute atomic E-state index is 13.6. The summed E-state index contributed by atoms with van der Waals surface area (Å²) in [6.45, 7) is -0.00113. The van der Waals surface area contributed by atoms with Gasteiger partial charge in [0, 0.05) is 22.9 Å². The molecule has 2 aromatic rings. The van der Waals surface area contributed by atoms with E-state index in [1.165, 1.54) is 5.56 Å². The lowest BCUT2D eigenvalue weighted by Crippen LogP contribution is -2.48. The first kappa shape index (κ1) is 22.9. The molecule has 2 aliphatic heterocycles. The van der Waals surface area contributed by atoms with E-state index in [0.717, 1.165) is 55.7 Å². The van der Waals surface area contributed by atoms with Gasteiger partial charge in [0.25, 0.3) is 5.95 Å². The number of anilines is 1. The summed E-state index contributed by atoms with van der Waals surface area (Å²) in [6.07, 6.45) is 6.81. The second kappa shape index (κ2) is 8.25. The molecule has 6 rings (SSSR count). The van der Waals surface area contributed by atoms with Crippen LogP contribution in [0.5, 0.6) is 0 Å². The van der Waals surface area contributed by atoms with Crippen molar-refractivity contribution in [2.75, 3.05) is 23.4 Å². The third-order valence-corrected chi connectivity index (χ3v) is 12.6. The molecule has 2 saturated carbocycles. The molecule has 2 N–H and O–H groups in total. The van der Waals surface area contributed by atoms with Gasteiger partial charge < -0.3 is 10.4 Å². The van der Waals surface area contributed by atoms with Gasteiger partial charge in [-0.15, -0.1) is 0 Å². The molecule has 2 aliphatic carbocycles. The highest BCUT2D eigenvalue weighted by Gasteiger charge is 2.56. The maximum atomic E-state index is 13.6. The first-order chi connectivity index (χ1) is 16.3. The van der Waals surface area contributed by atoms with Crippen molar-refractivity contribution in [1.82, 2.24) is 9.97 Å². The highest BCUT2D eigenvalue weighted by Crippen LogP contribution is 2.54. The van der Waals surface area contributed by atoms with Crippen molar-refractivity contribution in [3.8, 4) is 0 Å². The fourth-order valence-corrected chi connectivity index (χ4v) is 9.37. The highest BCUT2D eigenvalue weighted by molar-refractivity contribution is 7.93. The molecule has 1 aromatic carbocycles. The summed E-state index contributed by atoms with van der Waals surface area (Å²) in [4.78, 5) is 9.97. The predicted octanol–water partition coefficient (Wildman–Crippen LogP) is 4.33. The number of hydrogen-bond donors (Lipinski definition) is 2. The minimum absolute atomic E-state index is 0.00113. The average molecular weight is 521 g/mol. The van der Waals surface area contributed by atoms with Gasteiger partial charge in [-0.2, -0.15) is 9.35 Å². The number of rotatable bonds is 5. The lowest BCUT2D eigenvalue weighted by Gasteiger charge is -2.41. The fourth-order valence-electron chi connectivity index (χ4n) is 5.40. The molecule has 1 atom stereocenters. The van der Waals surface area contributed by atoms with Crippen LogP contribution in [0, 0.1) is 0 Å². The van der Waals surface area contributed by atoms with Gasteiger partial charge in [-0.25, -0.2) is 9.19 Å². The van der Waals surface area contributed by atoms with Crippen molar-refractivity contribution in [3.63, 3.8) is 0 Å². The van der Waals surface area contributed by atoms with Gasteiger partial charge in [0.15, 0.2) is 0 Å². The Morgan fingerprint density at radius 1 is 1.15 bits per heavy atom. The number of aliphatic hydroxyl groups excluding tert-OH is 1. The van der Waals surface area contributed by atoms with E-state index in [1.807, 2.05) is 24.3 Å². The molecule has 4 aliphatic rings. The largest absolute Gasteiger partial charge is 0.394 e. The Morgan fingerprint density at radius 2 is 1.85 bits per heavy atom. The van der Waals surface area contributed by atoms with Gasteiger partial charge >= 0.3 is 0 Å². The number of fused-ring (bicyclic) bond motifs is 1. The second-order valence-corrected chi connectivity index (χ2v) is 15.1. The fraction of sp³-hybridized carbons (Fsp3) is 0.583. The minimum Gasteiger partial charge on any atom is -0.394 e. The summed E-state index contributed by atoms with van der Waals surface area (Å²) in [6, 6.07) is 7.89. The number of aromatic nitrogens is 2. The molecule has 34 heavy (non-hydrogen) atoms. The average Bonchev–Trinajstić information content (AvgIpc) is 3.51. The van der Waals surface area contributed by atoms with Gasteiger partial charge in [-0.05, 0) is 68.6 Å². The number of benzene rings is 1. The SMILES string of the molecule is O=[S@@]1c2c(nc(N=S3(=O)CCC(c4ccc(Cl)cc4)CC3)nc2NC2(CO)CCC2)CC12CC2. The van der Waals surface area contributed by atoms with E-state index in [0.29, 0.717) is 34.6 Å². The number of nitrogens with one attached hydrogen (secondary N) is 1. The smallest absolute Gasteiger partial charge is 0.259 e. The lowest BCUT2D eigenvalue weighted by atomic mass is 9.77. The van der Waals surface area contributed by atoms with Crippen LogP contribution in [0.4, 0.5) is 11.8 Å². The zero-order valence-corrected chi connectivity index (χ0v) is 21.4. The molecule has 3 heterocycles. The van der Waals surface area contributed by atoms with Crippen LogP contribution in [0.15, 0.2) is 33.5 Å². The van der Waals surface area contributed by atoms with E-state index >= 15 is 0 Å².